The molecule has 0 amide bonds. The predicted molar refractivity (Wildman–Crippen MR) is 215 cm³/mol. The van der Waals surface area contributed by atoms with E-state index in [2.05, 4.69) is 108 Å². The molecule has 3 aliphatic heterocycles. The highest BCUT2D eigenvalue weighted by Gasteiger charge is 2.31. The molecular weight excluding hydrogens is 643 g/mol. The number of nitrogens with zero attached hydrogens (tertiary/aromatic N) is 4. The van der Waals surface area contributed by atoms with Crippen molar-refractivity contribution in [2.75, 3.05) is 26.2 Å². The van der Waals surface area contributed by atoms with Crippen molar-refractivity contribution in [2.45, 2.75) is 161 Å². The Bertz CT molecular complexity index is 1640. The maximum absolute atomic E-state index is 6.90. The van der Waals surface area contributed by atoms with Crippen molar-refractivity contribution >= 4 is 34.2 Å². The Labute approximate surface area is 316 Å². The summed E-state index contributed by atoms with van der Waals surface area (Å²) in [4.78, 5) is 13.3. The first-order chi connectivity index (χ1) is 24.2. The third-order valence-corrected chi connectivity index (χ3v) is 12.1. The van der Waals surface area contributed by atoms with Gasteiger partial charge in [0.25, 0.3) is 0 Å². The first-order valence-electron chi connectivity index (χ1n) is 20.1. The van der Waals surface area contributed by atoms with E-state index in [-0.39, 0.29) is 28.3 Å². The van der Waals surface area contributed by atoms with Crippen molar-refractivity contribution in [1.29, 1.82) is 0 Å². The summed E-state index contributed by atoms with van der Waals surface area (Å²) in [7, 11) is 0. The molecule has 0 aromatic heterocycles. The molecule has 1 aliphatic carbocycles. The van der Waals surface area contributed by atoms with Crippen molar-refractivity contribution in [2.24, 2.45) is 9.98 Å². The van der Waals surface area contributed by atoms with Gasteiger partial charge in [0, 0.05) is 36.4 Å². The van der Waals surface area contributed by atoms with E-state index < -0.39 is 15.9 Å². The van der Waals surface area contributed by atoms with Gasteiger partial charge in [0.1, 0.15) is 0 Å². The third kappa shape index (κ3) is 9.31. The number of benzene rings is 2. The number of amidine groups is 1. The monoisotopic (exact) mass is 708 g/mol. The molecule has 6 rings (SSSR count). The summed E-state index contributed by atoms with van der Waals surface area (Å²) in [5.74, 6) is 3.48. The second-order valence-electron chi connectivity index (χ2n) is 18.7. The van der Waals surface area contributed by atoms with Crippen LogP contribution in [0.25, 0.3) is 0 Å². The van der Waals surface area contributed by atoms with E-state index in [1.807, 2.05) is 0 Å². The van der Waals surface area contributed by atoms with Crippen LogP contribution in [0.2, 0.25) is 0 Å². The summed E-state index contributed by atoms with van der Waals surface area (Å²) in [5, 5.41) is 0. The molecule has 0 N–H and O–H groups in total. The van der Waals surface area contributed by atoms with Crippen molar-refractivity contribution in [1.82, 2.24) is 4.90 Å². The van der Waals surface area contributed by atoms with Gasteiger partial charge >= 0.3 is 15.9 Å². The fourth-order valence-electron chi connectivity index (χ4n) is 8.28. The minimum absolute atomic E-state index is 0.00482. The van der Waals surface area contributed by atoms with Gasteiger partial charge in [-0.05, 0) is 95.6 Å². The maximum Gasteiger partial charge on any atom is 0.881 e. The summed E-state index contributed by atoms with van der Waals surface area (Å²) in [5.41, 5.74) is 7.20. The molecule has 2 unspecified atom stereocenters. The smallest absolute Gasteiger partial charge is 0.615 e. The average molecular weight is 709 g/mol. The number of fused-ring (bicyclic) bond motifs is 3. The molecule has 6 nitrogen and oxygen atoms in total. The summed E-state index contributed by atoms with van der Waals surface area (Å²) in [6.45, 7) is 25.4. The van der Waals surface area contributed by atoms with Crippen molar-refractivity contribution < 1.29 is 12.2 Å². The van der Waals surface area contributed by atoms with Crippen LogP contribution in [-0.2, 0) is 22.7 Å². The largest absolute Gasteiger partial charge is 0.881 e. The van der Waals surface area contributed by atoms with Crippen molar-refractivity contribution in [3.63, 3.8) is 0 Å². The SMILES string of the molecule is CC(C)(C)c1cc2c(c(CCCN3CCC[N+]4=C3CCCCC4)c1)[O][Al][O]c1c(cc(C(C)(C)C)cc1C(C)(C)C)C=NC1CCCCC1N=C2. The van der Waals surface area contributed by atoms with Crippen molar-refractivity contribution in [3.8, 4) is 11.5 Å². The molecule has 0 bridgehead atoms. The molecule has 2 aromatic rings. The summed E-state index contributed by atoms with van der Waals surface area (Å²) in [6.07, 6.45) is 17.3. The van der Waals surface area contributed by atoms with Gasteiger partial charge < -0.3 is 7.58 Å². The number of hydrogen-bond acceptors (Lipinski definition) is 5. The lowest BCUT2D eigenvalue weighted by molar-refractivity contribution is -0.539. The van der Waals surface area contributed by atoms with E-state index in [9.17, 15) is 0 Å². The molecular formula is C44H65AlN4O2+. The Balaban J connectivity index is 1.38. The topological polar surface area (TPSA) is 49.4 Å². The van der Waals surface area contributed by atoms with E-state index >= 15 is 0 Å². The van der Waals surface area contributed by atoms with Crippen LogP contribution in [0.15, 0.2) is 34.3 Å². The summed E-state index contributed by atoms with van der Waals surface area (Å²) >= 11 is -0.826. The zero-order chi connectivity index (χ0) is 36.4. The maximum atomic E-state index is 6.90. The van der Waals surface area contributed by atoms with Crippen LogP contribution in [0.5, 0.6) is 11.5 Å². The fourth-order valence-corrected chi connectivity index (χ4v) is 9.07. The Morgan fingerprint density at radius 2 is 1.31 bits per heavy atom. The molecule has 0 spiro atoms. The summed E-state index contributed by atoms with van der Waals surface area (Å²) < 4.78 is 16.4. The van der Waals surface area contributed by atoms with Gasteiger partial charge in [-0.3, -0.25) is 19.5 Å². The quantitative estimate of drug-likeness (QED) is 0.235. The Morgan fingerprint density at radius 3 is 1.96 bits per heavy atom. The van der Waals surface area contributed by atoms with Gasteiger partial charge in [-0.25, -0.2) is 0 Å². The highest BCUT2D eigenvalue weighted by Crippen LogP contribution is 2.39. The van der Waals surface area contributed by atoms with Gasteiger partial charge in [0.05, 0.1) is 49.8 Å². The molecule has 275 valence electrons. The van der Waals surface area contributed by atoms with E-state index in [0.717, 1.165) is 54.9 Å². The van der Waals surface area contributed by atoms with Gasteiger partial charge in [-0.15, -0.1) is 0 Å². The Kier molecular flexibility index (Phi) is 11.8. The molecule has 1 saturated carbocycles. The average Bonchev–Trinajstić information content (AvgIpc) is 3.31. The molecule has 1 radical (unpaired) electrons. The second kappa shape index (κ2) is 15.8. The Morgan fingerprint density at radius 1 is 0.706 bits per heavy atom. The lowest BCUT2D eigenvalue weighted by atomic mass is 9.79. The normalized spacial score (nSPS) is 21.7. The number of rotatable bonds is 4. The highest BCUT2D eigenvalue weighted by atomic mass is 27.2. The number of aliphatic imine (C=N–C) groups is 2. The van der Waals surface area contributed by atoms with Crippen LogP contribution in [0.3, 0.4) is 0 Å². The highest BCUT2D eigenvalue weighted by molar-refractivity contribution is 6.21. The molecule has 1 fully saturated rings. The number of hydrogen-bond donors (Lipinski definition) is 0. The van der Waals surface area contributed by atoms with E-state index in [0.29, 0.717) is 0 Å². The molecule has 7 heteroatoms. The standard InChI is InChI=1S/C44H66N4O2.Al/c1-42(2,3)34-25-31(17-15-22-48-24-16-23-47-21-14-10-11-20-39(47)48)40(49)32(26-34)29-45-37-18-12-13-19-38(37)46-30-33-27-35(43(4,5)6)28-36(41(33)50)44(7,8)9;/h25-30,37-38H,10-24H2,1-9H3,(H-,45,46,49,50);/q;+2/p-1. The third-order valence-electron chi connectivity index (χ3n) is 11.5. The molecule has 0 saturated heterocycles. The minimum Gasteiger partial charge on any atom is -0.615 e. The van der Waals surface area contributed by atoms with Gasteiger partial charge in [0.15, 0.2) is 0 Å². The molecule has 4 aliphatic rings. The number of aryl methyl sites for hydroxylation is 1. The van der Waals surface area contributed by atoms with E-state index in [4.69, 9.17) is 17.6 Å². The van der Waals surface area contributed by atoms with Crippen LogP contribution in [-0.4, -0.2) is 81.9 Å². The van der Waals surface area contributed by atoms with Crippen molar-refractivity contribution in [3.05, 3.63) is 57.6 Å². The lowest BCUT2D eigenvalue weighted by Gasteiger charge is -2.30. The minimum atomic E-state index is -0.826. The first kappa shape index (κ1) is 38.1. The van der Waals surface area contributed by atoms with Gasteiger partial charge in [-0.1, -0.05) is 87.3 Å². The second-order valence-corrected chi connectivity index (χ2v) is 19.4. The van der Waals surface area contributed by atoms with Crippen LogP contribution >= 0.6 is 0 Å². The first-order valence-corrected chi connectivity index (χ1v) is 21.1. The van der Waals surface area contributed by atoms with Crippen LogP contribution in [0, 0.1) is 0 Å². The zero-order valence-corrected chi connectivity index (χ0v) is 34.6. The lowest BCUT2D eigenvalue weighted by Crippen LogP contribution is -2.44. The zero-order valence-electron chi connectivity index (χ0n) is 33.4. The molecule has 2 atom stereocenters. The predicted octanol–water partition coefficient (Wildman–Crippen LogP) is 9.36. The van der Waals surface area contributed by atoms with Crippen LogP contribution in [0.1, 0.15) is 160 Å². The summed E-state index contributed by atoms with van der Waals surface area (Å²) in [6, 6.07) is 9.73. The molecule has 2 aromatic carbocycles. The molecule has 3 heterocycles. The van der Waals surface area contributed by atoms with Gasteiger partial charge in [-0.2, -0.15) is 0 Å². The fraction of sp³-hybridized carbons (Fsp3) is 0.659. The van der Waals surface area contributed by atoms with Crippen LogP contribution < -0.4 is 7.58 Å². The van der Waals surface area contributed by atoms with Gasteiger partial charge in [0.2, 0.25) is 5.84 Å². The van der Waals surface area contributed by atoms with E-state index in [1.54, 1.807) is 5.84 Å². The van der Waals surface area contributed by atoms with E-state index in [1.165, 1.54) is 86.8 Å². The Hall–Kier alpha value is -2.62. The van der Waals surface area contributed by atoms with Crippen LogP contribution in [0.4, 0.5) is 0 Å². The molecule has 51 heavy (non-hydrogen) atoms.